The summed E-state index contributed by atoms with van der Waals surface area (Å²) in [5, 5.41) is 2.65. The first kappa shape index (κ1) is 18.5. The third-order valence-electron chi connectivity index (χ3n) is 4.47. The number of alkyl halides is 3. The zero-order chi connectivity index (χ0) is 20.8. The van der Waals surface area contributed by atoms with Gasteiger partial charge in [0.25, 0.3) is 5.91 Å². The number of hydrogen-bond acceptors (Lipinski definition) is 4. The zero-order valence-electron chi connectivity index (χ0n) is 14.7. The summed E-state index contributed by atoms with van der Waals surface area (Å²) in [4.78, 5) is 31.7. The number of fused-ring (bicyclic) bond motifs is 3. The van der Waals surface area contributed by atoms with E-state index in [1.807, 2.05) is 6.07 Å². The molecule has 0 fully saturated rings. The number of nitrogens with zero attached hydrogens (tertiary/aromatic N) is 2. The van der Waals surface area contributed by atoms with E-state index in [4.69, 9.17) is 0 Å². The molecule has 5 nitrogen and oxygen atoms in total. The normalized spacial score (nSPS) is 12.3. The molecule has 0 aliphatic heterocycles. The van der Waals surface area contributed by atoms with E-state index >= 15 is 0 Å². The summed E-state index contributed by atoms with van der Waals surface area (Å²) in [5.74, 6) is -2.48. The molecule has 1 aliphatic carbocycles. The monoisotopic (exact) mass is 395 g/mol. The van der Waals surface area contributed by atoms with Crippen molar-refractivity contribution in [2.45, 2.75) is 6.18 Å². The van der Waals surface area contributed by atoms with E-state index in [1.165, 1.54) is 12.1 Å². The Hall–Kier alpha value is -3.81. The first-order chi connectivity index (χ1) is 13.8. The van der Waals surface area contributed by atoms with Crippen molar-refractivity contribution in [3.63, 3.8) is 0 Å². The molecule has 144 valence electrons. The van der Waals surface area contributed by atoms with Gasteiger partial charge in [-0.1, -0.05) is 43.0 Å². The maximum atomic E-state index is 12.8. The van der Waals surface area contributed by atoms with E-state index in [1.54, 1.807) is 30.3 Å². The topological polar surface area (TPSA) is 72.0 Å². The molecule has 0 atom stereocenters. The SMILES string of the molecule is C=C(C(=O)Nc1ccc2c(c1)C(=O)c1nc(C(F)(F)F)ncc1-2)c1ccccc1. The second-order valence-electron chi connectivity index (χ2n) is 6.34. The lowest BCUT2D eigenvalue weighted by Crippen LogP contribution is -2.14. The van der Waals surface area contributed by atoms with Crippen LogP contribution < -0.4 is 5.32 Å². The van der Waals surface area contributed by atoms with Gasteiger partial charge in [0.05, 0.1) is 0 Å². The van der Waals surface area contributed by atoms with Gasteiger partial charge in [-0.15, -0.1) is 0 Å². The van der Waals surface area contributed by atoms with Gasteiger partial charge in [-0.25, -0.2) is 9.97 Å². The number of amides is 1. The molecule has 3 aromatic rings. The molecule has 0 spiro atoms. The predicted octanol–water partition coefficient (Wildman–Crippen LogP) is 4.36. The lowest BCUT2D eigenvalue weighted by molar-refractivity contribution is -0.145. The molecule has 0 saturated carbocycles. The number of anilines is 1. The van der Waals surface area contributed by atoms with Crippen molar-refractivity contribution in [1.82, 2.24) is 9.97 Å². The summed E-state index contributed by atoms with van der Waals surface area (Å²) in [5.41, 5.74) is 1.68. The summed E-state index contributed by atoms with van der Waals surface area (Å²) in [6.07, 6.45) is -3.76. The molecule has 1 amide bonds. The highest BCUT2D eigenvalue weighted by Gasteiger charge is 2.38. The minimum atomic E-state index is -4.75. The van der Waals surface area contributed by atoms with E-state index < -0.39 is 23.7 Å². The largest absolute Gasteiger partial charge is 0.451 e. The predicted molar refractivity (Wildman–Crippen MR) is 100 cm³/mol. The molecule has 1 N–H and O–H groups in total. The van der Waals surface area contributed by atoms with Crippen LogP contribution in [0.3, 0.4) is 0 Å². The molecule has 0 saturated heterocycles. The standard InChI is InChI=1S/C21H12F3N3O2/c1-11(12-5-3-2-4-6-12)19(29)26-13-7-8-14-15(9-13)18(28)17-16(14)10-25-20(27-17)21(22,23)24/h2-10H,1H2,(H,26,29). The minimum absolute atomic E-state index is 0.150. The molecular weight excluding hydrogens is 383 g/mol. The van der Waals surface area contributed by atoms with Gasteiger partial charge in [-0.3, -0.25) is 9.59 Å². The summed E-state index contributed by atoms with van der Waals surface area (Å²) in [6, 6.07) is 13.3. The van der Waals surface area contributed by atoms with Gasteiger partial charge in [0.15, 0.2) is 0 Å². The molecule has 0 radical (unpaired) electrons. The van der Waals surface area contributed by atoms with Crippen molar-refractivity contribution in [1.29, 1.82) is 0 Å². The number of carbonyl (C=O) groups excluding carboxylic acids is 2. The first-order valence-electron chi connectivity index (χ1n) is 8.45. The van der Waals surface area contributed by atoms with Crippen LogP contribution in [0.5, 0.6) is 0 Å². The van der Waals surface area contributed by atoms with Gasteiger partial charge < -0.3 is 5.32 Å². The molecule has 29 heavy (non-hydrogen) atoms. The first-order valence-corrected chi connectivity index (χ1v) is 8.45. The molecule has 1 aromatic heterocycles. The number of benzene rings is 2. The highest BCUT2D eigenvalue weighted by molar-refractivity contribution is 6.25. The Bertz CT molecular complexity index is 1170. The van der Waals surface area contributed by atoms with Gasteiger partial charge in [0.2, 0.25) is 11.6 Å². The molecule has 1 aliphatic rings. The molecular formula is C21H12F3N3O2. The fourth-order valence-electron chi connectivity index (χ4n) is 3.04. The lowest BCUT2D eigenvalue weighted by Gasteiger charge is -2.09. The molecule has 4 rings (SSSR count). The van der Waals surface area contributed by atoms with Crippen LogP contribution in [0.25, 0.3) is 16.7 Å². The summed E-state index contributed by atoms with van der Waals surface area (Å²) < 4.78 is 38.5. The van der Waals surface area contributed by atoms with E-state index in [9.17, 15) is 22.8 Å². The number of aromatic nitrogens is 2. The number of rotatable bonds is 3. The van der Waals surface area contributed by atoms with Crippen LogP contribution in [0.1, 0.15) is 27.4 Å². The number of halogens is 3. The Balaban J connectivity index is 1.62. The fourth-order valence-corrected chi connectivity index (χ4v) is 3.04. The Morgan fingerprint density at radius 3 is 2.41 bits per heavy atom. The van der Waals surface area contributed by atoms with Crippen LogP contribution in [0, 0.1) is 0 Å². The third-order valence-corrected chi connectivity index (χ3v) is 4.47. The van der Waals surface area contributed by atoms with Crippen LogP contribution in [0.4, 0.5) is 18.9 Å². The molecule has 0 unspecified atom stereocenters. The summed E-state index contributed by atoms with van der Waals surface area (Å²) in [7, 11) is 0. The highest BCUT2D eigenvalue weighted by atomic mass is 19.4. The Kier molecular flexibility index (Phi) is 4.26. The molecule has 8 heteroatoms. The van der Waals surface area contributed by atoms with E-state index in [0.29, 0.717) is 16.8 Å². The summed E-state index contributed by atoms with van der Waals surface area (Å²) in [6.45, 7) is 3.77. The maximum Gasteiger partial charge on any atom is 0.451 e. The second kappa shape index (κ2) is 6.66. The maximum absolute atomic E-state index is 12.8. The Morgan fingerprint density at radius 1 is 1.00 bits per heavy atom. The molecule has 0 bridgehead atoms. The van der Waals surface area contributed by atoms with Crippen LogP contribution in [-0.4, -0.2) is 21.7 Å². The van der Waals surface area contributed by atoms with E-state index in [-0.39, 0.29) is 22.4 Å². The van der Waals surface area contributed by atoms with Crippen LogP contribution >= 0.6 is 0 Å². The van der Waals surface area contributed by atoms with Crippen LogP contribution in [0.2, 0.25) is 0 Å². The number of nitrogens with one attached hydrogen (secondary N) is 1. The highest BCUT2D eigenvalue weighted by Crippen LogP contribution is 2.38. The van der Waals surface area contributed by atoms with Crippen molar-refractivity contribution in [3.05, 3.63) is 84.0 Å². The van der Waals surface area contributed by atoms with Crippen molar-refractivity contribution in [2.75, 3.05) is 5.32 Å². The zero-order valence-corrected chi connectivity index (χ0v) is 14.7. The fraction of sp³-hybridized carbons (Fsp3) is 0.0476. The van der Waals surface area contributed by atoms with E-state index in [2.05, 4.69) is 21.9 Å². The smallest absolute Gasteiger partial charge is 0.322 e. The molecule has 1 heterocycles. The van der Waals surface area contributed by atoms with Gasteiger partial charge in [0.1, 0.15) is 5.69 Å². The van der Waals surface area contributed by atoms with Gasteiger partial charge in [-0.2, -0.15) is 13.2 Å². The minimum Gasteiger partial charge on any atom is -0.322 e. The Labute approximate surface area is 162 Å². The van der Waals surface area contributed by atoms with Crippen molar-refractivity contribution < 1.29 is 22.8 Å². The average molecular weight is 395 g/mol. The van der Waals surface area contributed by atoms with Crippen molar-refractivity contribution in [3.8, 4) is 11.1 Å². The van der Waals surface area contributed by atoms with Gasteiger partial charge in [0, 0.05) is 28.6 Å². The van der Waals surface area contributed by atoms with E-state index in [0.717, 1.165) is 6.20 Å². The van der Waals surface area contributed by atoms with Gasteiger partial charge >= 0.3 is 6.18 Å². The number of hydrogen-bond donors (Lipinski definition) is 1. The lowest BCUT2D eigenvalue weighted by atomic mass is 10.1. The van der Waals surface area contributed by atoms with Gasteiger partial charge in [-0.05, 0) is 23.3 Å². The second-order valence-corrected chi connectivity index (χ2v) is 6.34. The number of carbonyl (C=O) groups is 2. The van der Waals surface area contributed by atoms with Crippen LogP contribution in [0.15, 0.2) is 61.3 Å². The molecule has 2 aromatic carbocycles. The Morgan fingerprint density at radius 2 is 1.72 bits per heavy atom. The number of ketones is 1. The van der Waals surface area contributed by atoms with Crippen LogP contribution in [-0.2, 0) is 11.0 Å². The third kappa shape index (κ3) is 3.29. The van der Waals surface area contributed by atoms with Crippen molar-refractivity contribution >= 4 is 23.0 Å². The quantitative estimate of drug-likeness (QED) is 0.523. The summed E-state index contributed by atoms with van der Waals surface area (Å²) >= 11 is 0. The average Bonchev–Trinajstić information content (AvgIpc) is 2.99. The van der Waals surface area contributed by atoms with Crippen molar-refractivity contribution in [2.24, 2.45) is 0 Å².